The van der Waals surface area contributed by atoms with Gasteiger partial charge < -0.3 is 19.9 Å². The third kappa shape index (κ3) is 3.52. The summed E-state index contributed by atoms with van der Waals surface area (Å²) < 4.78 is 11.9. The molecule has 0 saturated carbocycles. The standard InChI is InChI=1S/C18H18N2O5/c1-13(21)25-10-9-24-12-20-8-7-16-15(11-20)17(22)19-18(16,23)14-5-3-2-4-6-14/h2-8,11,23H,9-10,12H2,1H3/p+1. The molecule has 0 spiro atoms. The lowest BCUT2D eigenvalue weighted by molar-refractivity contribution is -0.732. The smallest absolute Gasteiger partial charge is 0.302 e. The van der Waals surface area contributed by atoms with Crippen molar-refractivity contribution in [2.45, 2.75) is 19.4 Å². The van der Waals surface area contributed by atoms with Crippen LogP contribution in [-0.2, 0) is 26.7 Å². The Balaban J connectivity index is 1.74. The zero-order valence-electron chi connectivity index (χ0n) is 13.8. The molecule has 1 aliphatic heterocycles. The van der Waals surface area contributed by atoms with Crippen LogP contribution in [0.2, 0.25) is 0 Å². The molecule has 1 atom stereocenters. The van der Waals surface area contributed by atoms with Crippen molar-refractivity contribution in [2.24, 2.45) is 0 Å². The quantitative estimate of drug-likeness (QED) is 0.452. The number of nitrogens with zero attached hydrogens (tertiary/aromatic N) is 1. The Hall–Kier alpha value is -2.77. The number of esters is 1. The van der Waals surface area contributed by atoms with E-state index in [1.165, 1.54) is 6.92 Å². The minimum Gasteiger partial charge on any atom is -0.463 e. The molecule has 7 nitrogen and oxygen atoms in total. The number of rotatable bonds is 6. The molecule has 2 N–H and O–H groups in total. The molecule has 2 aromatic rings. The van der Waals surface area contributed by atoms with Crippen LogP contribution in [0.15, 0.2) is 48.8 Å². The normalized spacial score (nSPS) is 18.6. The van der Waals surface area contributed by atoms with Gasteiger partial charge >= 0.3 is 5.97 Å². The number of fused-ring (bicyclic) bond motifs is 1. The first-order valence-electron chi connectivity index (χ1n) is 7.86. The average molecular weight is 343 g/mol. The molecule has 25 heavy (non-hydrogen) atoms. The molecular formula is C18H19N2O5+. The number of aromatic nitrogens is 1. The van der Waals surface area contributed by atoms with Crippen LogP contribution in [0.5, 0.6) is 0 Å². The first kappa shape index (κ1) is 17.1. The highest BCUT2D eigenvalue weighted by atomic mass is 16.6. The van der Waals surface area contributed by atoms with E-state index in [4.69, 9.17) is 9.47 Å². The van der Waals surface area contributed by atoms with E-state index in [1.54, 1.807) is 47.3 Å². The van der Waals surface area contributed by atoms with Gasteiger partial charge in [-0.15, -0.1) is 0 Å². The Morgan fingerprint density at radius 1 is 1.24 bits per heavy atom. The SMILES string of the molecule is CC(=O)OCCOC[n+]1ccc2c(c1)C(=O)NC2(O)c1ccccc1. The third-order valence-electron chi connectivity index (χ3n) is 3.91. The minimum absolute atomic E-state index is 0.176. The topological polar surface area (TPSA) is 88.7 Å². The molecule has 1 aromatic carbocycles. The van der Waals surface area contributed by atoms with E-state index in [-0.39, 0.29) is 31.8 Å². The van der Waals surface area contributed by atoms with E-state index in [0.29, 0.717) is 16.7 Å². The van der Waals surface area contributed by atoms with Gasteiger partial charge in [0, 0.05) is 24.1 Å². The maximum atomic E-state index is 12.3. The number of carbonyl (C=O) groups is 2. The zero-order chi connectivity index (χ0) is 17.9. The molecule has 0 saturated heterocycles. The van der Waals surface area contributed by atoms with Crippen molar-refractivity contribution in [3.63, 3.8) is 0 Å². The Labute approximate surface area is 144 Å². The predicted molar refractivity (Wildman–Crippen MR) is 86.1 cm³/mol. The fraction of sp³-hybridized carbons (Fsp3) is 0.278. The number of benzene rings is 1. The zero-order valence-corrected chi connectivity index (χ0v) is 13.8. The first-order valence-corrected chi connectivity index (χ1v) is 7.86. The number of nitrogens with one attached hydrogen (secondary N) is 1. The summed E-state index contributed by atoms with van der Waals surface area (Å²) in [5, 5.41) is 13.6. The summed E-state index contributed by atoms with van der Waals surface area (Å²) in [6, 6.07) is 10.7. The van der Waals surface area contributed by atoms with Crippen LogP contribution in [-0.4, -0.2) is 30.2 Å². The molecule has 7 heteroatoms. The van der Waals surface area contributed by atoms with Gasteiger partial charge in [0.1, 0.15) is 12.2 Å². The lowest BCUT2D eigenvalue weighted by atomic mass is 9.96. The molecule has 1 unspecified atom stereocenters. The third-order valence-corrected chi connectivity index (χ3v) is 3.91. The van der Waals surface area contributed by atoms with Crippen LogP contribution < -0.4 is 9.88 Å². The van der Waals surface area contributed by atoms with Crippen LogP contribution in [0, 0.1) is 0 Å². The summed E-state index contributed by atoms with van der Waals surface area (Å²) in [7, 11) is 0. The summed E-state index contributed by atoms with van der Waals surface area (Å²) in [6.07, 6.45) is 3.34. The van der Waals surface area contributed by atoms with E-state index in [2.05, 4.69) is 5.32 Å². The number of pyridine rings is 1. The number of ether oxygens (including phenoxy) is 2. The maximum absolute atomic E-state index is 12.3. The highest BCUT2D eigenvalue weighted by molar-refractivity contribution is 5.99. The highest BCUT2D eigenvalue weighted by Gasteiger charge is 2.44. The monoisotopic (exact) mass is 343 g/mol. The number of amides is 1. The summed E-state index contributed by atoms with van der Waals surface area (Å²) in [5.41, 5.74) is -0.0575. The van der Waals surface area contributed by atoms with Gasteiger partial charge in [0.05, 0.1) is 6.61 Å². The molecule has 1 amide bonds. The van der Waals surface area contributed by atoms with Crippen LogP contribution in [0.25, 0.3) is 0 Å². The minimum atomic E-state index is -1.54. The van der Waals surface area contributed by atoms with Crippen molar-refractivity contribution >= 4 is 11.9 Å². The summed E-state index contributed by atoms with van der Waals surface area (Å²) in [6.45, 7) is 1.96. The molecule has 2 heterocycles. The number of aliphatic hydroxyl groups is 1. The lowest BCUT2D eigenvalue weighted by Crippen LogP contribution is -2.40. The van der Waals surface area contributed by atoms with Gasteiger partial charge in [-0.1, -0.05) is 30.3 Å². The molecule has 3 rings (SSSR count). The summed E-state index contributed by atoms with van der Waals surface area (Å²) in [5.74, 6) is -0.707. The predicted octanol–water partition coefficient (Wildman–Crippen LogP) is 0.448. The van der Waals surface area contributed by atoms with E-state index < -0.39 is 5.72 Å². The molecular weight excluding hydrogens is 324 g/mol. The van der Waals surface area contributed by atoms with Crippen molar-refractivity contribution in [3.8, 4) is 0 Å². The molecule has 1 aromatic heterocycles. The number of carbonyl (C=O) groups excluding carboxylic acids is 2. The maximum Gasteiger partial charge on any atom is 0.302 e. The van der Waals surface area contributed by atoms with Gasteiger partial charge in [-0.3, -0.25) is 9.59 Å². The summed E-state index contributed by atoms with van der Waals surface area (Å²) >= 11 is 0. The first-order chi connectivity index (χ1) is 12.0. The van der Waals surface area contributed by atoms with Gasteiger partial charge in [0.15, 0.2) is 18.1 Å². The molecule has 0 radical (unpaired) electrons. The molecule has 130 valence electrons. The van der Waals surface area contributed by atoms with Crippen molar-refractivity contribution < 1.29 is 28.7 Å². The van der Waals surface area contributed by atoms with Crippen molar-refractivity contribution in [1.82, 2.24) is 5.32 Å². The van der Waals surface area contributed by atoms with Crippen LogP contribution >= 0.6 is 0 Å². The second-order valence-corrected chi connectivity index (χ2v) is 5.69. The Kier molecular flexibility index (Phi) is 4.78. The van der Waals surface area contributed by atoms with Gasteiger partial charge in [-0.2, -0.15) is 4.57 Å². The van der Waals surface area contributed by atoms with E-state index in [0.717, 1.165) is 0 Å². The fourth-order valence-electron chi connectivity index (χ4n) is 2.74. The second kappa shape index (κ2) is 7.00. The van der Waals surface area contributed by atoms with Gasteiger partial charge in [0.2, 0.25) is 0 Å². The fourth-order valence-corrected chi connectivity index (χ4v) is 2.74. The number of hydrogen-bond donors (Lipinski definition) is 2. The molecule has 0 aliphatic carbocycles. The summed E-state index contributed by atoms with van der Waals surface area (Å²) in [4.78, 5) is 22.9. The Morgan fingerprint density at radius 3 is 2.72 bits per heavy atom. The van der Waals surface area contributed by atoms with Gasteiger partial charge in [-0.05, 0) is 0 Å². The number of hydrogen-bond acceptors (Lipinski definition) is 5. The van der Waals surface area contributed by atoms with Crippen molar-refractivity contribution in [1.29, 1.82) is 0 Å². The Bertz CT molecular complexity index is 793. The van der Waals surface area contributed by atoms with Gasteiger partial charge in [-0.25, -0.2) is 0 Å². The molecule has 1 aliphatic rings. The largest absolute Gasteiger partial charge is 0.463 e. The highest BCUT2D eigenvalue weighted by Crippen LogP contribution is 2.33. The molecule has 0 fully saturated rings. The molecule has 0 bridgehead atoms. The van der Waals surface area contributed by atoms with Crippen molar-refractivity contribution in [2.75, 3.05) is 13.2 Å². The van der Waals surface area contributed by atoms with E-state index in [1.807, 2.05) is 6.07 Å². The van der Waals surface area contributed by atoms with Crippen LogP contribution in [0.1, 0.15) is 28.4 Å². The average Bonchev–Trinajstić information content (AvgIpc) is 2.87. The second-order valence-electron chi connectivity index (χ2n) is 5.69. The van der Waals surface area contributed by atoms with Crippen LogP contribution in [0.3, 0.4) is 0 Å². The Morgan fingerprint density at radius 2 is 2.00 bits per heavy atom. The van der Waals surface area contributed by atoms with E-state index in [9.17, 15) is 14.7 Å². The van der Waals surface area contributed by atoms with E-state index >= 15 is 0 Å². The van der Waals surface area contributed by atoms with Crippen LogP contribution in [0.4, 0.5) is 0 Å². The lowest BCUT2D eigenvalue weighted by Gasteiger charge is -2.23. The van der Waals surface area contributed by atoms with Gasteiger partial charge in [0.25, 0.3) is 12.6 Å². The van der Waals surface area contributed by atoms with Crippen molar-refractivity contribution in [3.05, 3.63) is 65.5 Å².